The average molecular weight is 1220 g/mol. The van der Waals surface area contributed by atoms with Gasteiger partial charge in [-0.2, -0.15) is 18.2 Å². The standard InChI is InChI=1S/C73H48N4O.Pt/c1-50-41-72(74-48-67(50)55-29-15-6-16-30-55)77-68-36-18-17-33-65(68)66-39-38-62(47-70(66)77)78-61-32-19-31-60(46-61)75-49-76(69-40-37-56(45-71(69)75)51-21-7-2-8-22-51)73-63(54-27-13-5-14-28-54)34-20-35-64(73)59-43-57(52-23-9-3-10-24-52)42-58(44-59)53-25-11-4-12-26-53;/h2-45,48H,1H3;/q-2;/i1D3,2D,3D,4D,5D,6D,7D,8D,9D,10D,11D,12D,13D,14D,15D,16D,21D,22D,23D,24D,25D,26D,27D,28D,29D,30D,42D,43D,44D;. The molecule has 0 spiro atoms. The van der Waals surface area contributed by atoms with E-state index in [0.29, 0.717) is 21.8 Å². The molecule has 0 aliphatic heterocycles. The molecule has 14 aromatic rings. The summed E-state index contributed by atoms with van der Waals surface area (Å²) < 4.78 is 287. The van der Waals surface area contributed by atoms with Crippen LogP contribution in [0.4, 0.5) is 0 Å². The van der Waals surface area contributed by atoms with Gasteiger partial charge in [-0.1, -0.05) is 205 Å². The van der Waals surface area contributed by atoms with Crippen molar-refractivity contribution in [2.24, 2.45) is 0 Å². The second-order valence-electron chi connectivity index (χ2n) is 17.2. The molecular weight excluding hydrogens is 1140 g/mol. The van der Waals surface area contributed by atoms with E-state index in [9.17, 15) is 12.3 Å². The molecule has 0 aliphatic rings. The number of fused-ring (bicyclic) bond motifs is 4. The van der Waals surface area contributed by atoms with Crippen molar-refractivity contribution >= 4 is 32.8 Å². The molecule has 0 bridgehead atoms. The first-order valence-electron chi connectivity index (χ1n) is 39.2. The van der Waals surface area contributed by atoms with Gasteiger partial charge in [-0.25, -0.2) is 4.98 Å². The minimum Gasteiger partial charge on any atom is -0.510 e. The molecule has 0 atom stereocenters. The van der Waals surface area contributed by atoms with Crippen molar-refractivity contribution in [2.75, 3.05) is 0 Å². The fraction of sp³-hybridized carbons (Fsp3) is 0.0137. The summed E-state index contributed by atoms with van der Waals surface area (Å²) in [5.74, 6) is 0.00280. The fourth-order valence-corrected chi connectivity index (χ4v) is 9.25. The number of rotatable bonds is 11. The number of hydrogen-bond donors (Lipinski definition) is 0. The number of aryl methyl sites for hydroxylation is 1. The Morgan fingerprint density at radius 2 is 1.05 bits per heavy atom. The van der Waals surface area contributed by atoms with Gasteiger partial charge in [0.05, 0.1) is 55.1 Å². The van der Waals surface area contributed by atoms with Crippen LogP contribution in [0.5, 0.6) is 11.5 Å². The third-order valence-corrected chi connectivity index (χ3v) is 12.7. The summed E-state index contributed by atoms with van der Waals surface area (Å²) in [5.41, 5.74) is -5.64. The molecule has 0 unspecified atom stereocenters. The summed E-state index contributed by atoms with van der Waals surface area (Å²) in [6.45, 7) is -2.94. The smallest absolute Gasteiger partial charge is 0.268 e. The van der Waals surface area contributed by atoms with Crippen LogP contribution < -0.4 is 9.30 Å². The van der Waals surface area contributed by atoms with E-state index in [4.69, 9.17) is 34.9 Å². The Morgan fingerprint density at radius 3 is 1.71 bits per heavy atom. The van der Waals surface area contributed by atoms with Crippen LogP contribution in [0.1, 0.15) is 48.1 Å². The van der Waals surface area contributed by atoms with Gasteiger partial charge in [0.1, 0.15) is 5.82 Å². The Kier molecular flexibility index (Phi) is 6.83. The van der Waals surface area contributed by atoms with Crippen molar-refractivity contribution in [2.45, 2.75) is 6.85 Å². The summed E-state index contributed by atoms with van der Waals surface area (Å²) >= 11 is 0. The Morgan fingerprint density at radius 1 is 0.481 bits per heavy atom. The number of nitrogens with zero attached hydrogens (tertiary/aromatic N) is 4. The van der Waals surface area contributed by atoms with Crippen LogP contribution in [-0.2, 0) is 21.1 Å². The largest absolute Gasteiger partial charge is 0.510 e. The predicted molar refractivity (Wildman–Crippen MR) is 317 cm³/mol. The minimum absolute atomic E-state index is 0. The van der Waals surface area contributed by atoms with Gasteiger partial charge < -0.3 is 13.9 Å². The van der Waals surface area contributed by atoms with Crippen LogP contribution in [0.3, 0.4) is 0 Å². The van der Waals surface area contributed by atoms with Gasteiger partial charge >= 0.3 is 0 Å². The first-order valence-corrected chi connectivity index (χ1v) is 23.7. The van der Waals surface area contributed by atoms with Crippen molar-refractivity contribution in [3.63, 3.8) is 0 Å². The summed E-state index contributed by atoms with van der Waals surface area (Å²) in [4.78, 5) is 4.65. The first-order chi connectivity index (χ1) is 51.4. The minimum atomic E-state index is -2.94. The molecule has 79 heavy (non-hydrogen) atoms. The fourth-order valence-electron chi connectivity index (χ4n) is 9.25. The summed E-state index contributed by atoms with van der Waals surface area (Å²) in [6.07, 6.45) is 4.38. The van der Waals surface area contributed by atoms with E-state index in [1.807, 2.05) is 0 Å². The molecular formula is C73H48N4OPt-2. The molecule has 6 heteroatoms. The monoisotopic (exact) mass is 1220 g/mol. The van der Waals surface area contributed by atoms with Crippen LogP contribution in [0.15, 0.2) is 272 Å². The van der Waals surface area contributed by atoms with E-state index in [0.717, 1.165) is 6.20 Å². The molecule has 0 amide bonds. The molecule has 0 saturated heterocycles. The molecule has 378 valence electrons. The Bertz CT molecular complexity index is 6150. The number of imidazole rings is 1. The van der Waals surface area contributed by atoms with Crippen molar-refractivity contribution < 1.29 is 72.9 Å². The maximum absolute atomic E-state index is 10.2. The topological polar surface area (TPSA) is 35.9 Å². The van der Waals surface area contributed by atoms with Crippen molar-refractivity contribution in [1.82, 2.24) is 14.1 Å². The molecule has 0 aliphatic carbocycles. The Hall–Kier alpha value is -9.67. The summed E-state index contributed by atoms with van der Waals surface area (Å²) in [6, 6.07) is 7.93. The zero-order valence-corrected chi connectivity index (χ0v) is 42.6. The molecule has 0 saturated carbocycles. The maximum Gasteiger partial charge on any atom is 0.268 e. The SMILES string of the molecule is [2H]c1c([2H])c([2H])c(-c2ccc3c(c2)n(-c2[c-]c(Oc4[c-]c5c(cc4)c4ccccc4n5-c4cc(C([2H])([2H])[2H])c(-c5c([2H])c([2H])c([2H])c([2H])c5[2H])cn4)ccc2)[c-][n+]3-c2c(-c3c([2H])c([2H])c([2H])c([2H])c3[2H])cccc2-c2c([2H])c(-c3c([2H])c([2H])c([2H])c([2H])c3[2H])c([2H])c(-c3c([2H])c([2H])c([2H])c([2H])c3[2H])c2[2H])c([2H])c1[2H].[Pt]. The summed E-state index contributed by atoms with van der Waals surface area (Å²) in [5, 5.41) is 1.23. The molecule has 3 aromatic heterocycles. The molecule has 5 nitrogen and oxygen atoms in total. The summed E-state index contributed by atoms with van der Waals surface area (Å²) in [7, 11) is 0. The van der Waals surface area contributed by atoms with Gasteiger partial charge in [-0.15, -0.1) is 29.7 Å². The third-order valence-electron chi connectivity index (χ3n) is 12.7. The van der Waals surface area contributed by atoms with Gasteiger partial charge in [-0.3, -0.25) is 4.57 Å². The first kappa shape index (κ1) is 25.7. The number of aromatic nitrogens is 4. The Labute approximate surface area is 517 Å². The van der Waals surface area contributed by atoms with Gasteiger partial charge in [0, 0.05) is 54.0 Å². The van der Waals surface area contributed by atoms with Crippen LogP contribution >= 0.6 is 0 Å². The average Bonchev–Trinajstić information content (AvgIpc) is 1.08. The van der Waals surface area contributed by atoms with Crippen LogP contribution in [0, 0.1) is 25.3 Å². The molecule has 0 radical (unpaired) electrons. The molecule has 14 rings (SSSR count). The molecule has 0 fully saturated rings. The third kappa shape index (κ3) is 9.24. The van der Waals surface area contributed by atoms with E-state index in [2.05, 4.69) is 23.4 Å². The van der Waals surface area contributed by atoms with Crippen molar-refractivity contribution in [3.05, 3.63) is 296 Å². The van der Waals surface area contributed by atoms with Crippen LogP contribution in [-0.4, -0.2) is 14.1 Å². The second kappa shape index (κ2) is 21.0. The number of para-hydroxylation sites is 2. The number of benzene rings is 11. The van der Waals surface area contributed by atoms with Gasteiger partial charge in [-0.05, 0) is 121 Å². The van der Waals surface area contributed by atoms with E-state index >= 15 is 0 Å². The zero-order valence-electron chi connectivity index (χ0n) is 71.3. The van der Waals surface area contributed by atoms with Crippen LogP contribution in [0.25, 0.3) is 117 Å². The van der Waals surface area contributed by atoms with Crippen molar-refractivity contribution in [3.8, 4) is 95.5 Å². The maximum atomic E-state index is 10.2. The molecule has 0 N–H and O–H groups in total. The van der Waals surface area contributed by atoms with Crippen LogP contribution in [0.2, 0.25) is 0 Å². The molecule has 3 heterocycles. The van der Waals surface area contributed by atoms with E-state index < -0.39 is 215 Å². The van der Waals surface area contributed by atoms with Gasteiger partial charge in [0.25, 0.3) is 6.33 Å². The van der Waals surface area contributed by atoms with E-state index in [-0.39, 0.29) is 94.2 Å². The van der Waals surface area contributed by atoms with E-state index in [1.54, 1.807) is 41.0 Å². The Balaban J connectivity index is 0.0000106. The molecule has 11 aromatic carbocycles. The number of hydrogen-bond acceptors (Lipinski definition) is 2. The number of pyridine rings is 1. The van der Waals surface area contributed by atoms with Crippen molar-refractivity contribution in [1.29, 1.82) is 0 Å². The quantitative estimate of drug-likeness (QED) is 0.0956. The normalized spacial score (nSPS) is 16.9. The van der Waals surface area contributed by atoms with Gasteiger partial charge in [0.2, 0.25) is 0 Å². The number of ether oxygens (including phenoxy) is 1. The van der Waals surface area contributed by atoms with Gasteiger partial charge in [0.15, 0.2) is 0 Å². The second-order valence-corrected chi connectivity index (χ2v) is 17.2. The zero-order chi connectivity index (χ0) is 78.8. The van der Waals surface area contributed by atoms with E-state index in [1.165, 1.54) is 69.8 Å². The predicted octanol–water partition coefficient (Wildman–Crippen LogP) is 17.9.